The number of nitrogens with zero attached hydrogens (tertiary/aromatic N) is 1. The Morgan fingerprint density at radius 2 is 1.86 bits per heavy atom. The van der Waals surface area contributed by atoms with Gasteiger partial charge in [0.2, 0.25) is 0 Å². The summed E-state index contributed by atoms with van der Waals surface area (Å²) < 4.78 is 51.6. The van der Waals surface area contributed by atoms with Gasteiger partial charge in [-0.2, -0.15) is 13.2 Å². The Morgan fingerprint density at radius 3 is 2.43 bits per heavy atom. The molecule has 21 heavy (non-hydrogen) atoms. The van der Waals surface area contributed by atoms with Crippen LogP contribution in [0.15, 0.2) is 27.8 Å². The van der Waals surface area contributed by atoms with Crippen LogP contribution in [-0.2, 0) is 6.18 Å². The van der Waals surface area contributed by atoms with Crippen molar-refractivity contribution in [2.24, 2.45) is 0 Å². The van der Waals surface area contributed by atoms with Crippen LogP contribution in [0.4, 0.5) is 17.6 Å². The molecule has 0 radical (unpaired) electrons. The van der Waals surface area contributed by atoms with Gasteiger partial charge in [-0.05, 0) is 25.1 Å². The Bertz CT molecular complexity index is 823. The van der Waals surface area contributed by atoms with Crippen molar-refractivity contribution in [2.45, 2.75) is 13.1 Å². The third-order valence-corrected chi connectivity index (χ3v) is 3.16. The zero-order valence-electron chi connectivity index (χ0n) is 10.4. The fraction of sp³-hybridized carbons (Fsp3) is 0.167. The lowest BCUT2D eigenvalue weighted by Crippen LogP contribution is -2.35. The standard InChI is InChI=1S/C12H7ClF4N2O2/c1-5-9(13)18-11(21)19(10(5)20)6-2-3-8(14)7(4-6)12(15,16)17/h2-4H,1H3,(H,18,21). The smallest absolute Gasteiger partial charge is 0.297 e. The van der Waals surface area contributed by atoms with Crippen LogP contribution in [0.3, 0.4) is 0 Å². The monoisotopic (exact) mass is 322 g/mol. The number of hydrogen-bond donors (Lipinski definition) is 1. The van der Waals surface area contributed by atoms with Gasteiger partial charge in [0.15, 0.2) is 0 Å². The molecule has 0 aliphatic carbocycles. The van der Waals surface area contributed by atoms with Crippen molar-refractivity contribution in [1.29, 1.82) is 0 Å². The molecule has 9 heteroatoms. The average Bonchev–Trinajstić information content (AvgIpc) is 2.36. The summed E-state index contributed by atoms with van der Waals surface area (Å²) >= 11 is 5.60. The molecule has 2 aromatic rings. The molecular weight excluding hydrogens is 316 g/mol. The SMILES string of the molecule is Cc1c(Cl)[nH]c(=O)n(-c2ccc(F)c(C(F)(F)F)c2)c1=O. The van der Waals surface area contributed by atoms with Crippen LogP contribution in [0.1, 0.15) is 11.1 Å². The van der Waals surface area contributed by atoms with Gasteiger partial charge in [0.25, 0.3) is 5.56 Å². The number of benzene rings is 1. The molecule has 0 atom stereocenters. The normalized spacial score (nSPS) is 11.7. The Labute approximate surface area is 119 Å². The first-order valence-corrected chi connectivity index (χ1v) is 5.89. The number of halogens is 5. The van der Waals surface area contributed by atoms with E-state index in [0.717, 1.165) is 6.07 Å². The van der Waals surface area contributed by atoms with E-state index in [1.54, 1.807) is 0 Å². The first-order valence-electron chi connectivity index (χ1n) is 5.51. The molecule has 2 rings (SSSR count). The third kappa shape index (κ3) is 2.71. The number of rotatable bonds is 1. The van der Waals surface area contributed by atoms with Gasteiger partial charge in [0.05, 0.1) is 16.8 Å². The maximum absolute atomic E-state index is 13.2. The molecule has 0 saturated heterocycles. The van der Waals surface area contributed by atoms with Crippen molar-refractivity contribution in [2.75, 3.05) is 0 Å². The molecule has 0 fully saturated rings. The highest BCUT2D eigenvalue weighted by Gasteiger charge is 2.34. The number of aromatic amines is 1. The molecule has 0 unspecified atom stereocenters. The van der Waals surface area contributed by atoms with Gasteiger partial charge in [-0.15, -0.1) is 0 Å². The molecule has 0 aliphatic heterocycles. The lowest BCUT2D eigenvalue weighted by Gasteiger charge is -2.11. The summed E-state index contributed by atoms with van der Waals surface area (Å²) in [7, 11) is 0. The molecule has 0 bridgehead atoms. The maximum atomic E-state index is 13.2. The van der Waals surface area contributed by atoms with Crippen LogP contribution in [0.2, 0.25) is 5.15 Å². The van der Waals surface area contributed by atoms with Crippen LogP contribution in [0.5, 0.6) is 0 Å². The fourth-order valence-electron chi connectivity index (χ4n) is 1.70. The molecule has 0 aliphatic rings. The second kappa shape index (κ2) is 5.03. The quantitative estimate of drug-likeness (QED) is 0.648. The molecular formula is C12H7ClF4N2O2. The molecule has 0 spiro atoms. The van der Waals surface area contributed by atoms with Gasteiger partial charge in [0, 0.05) is 0 Å². The van der Waals surface area contributed by atoms with Gasteiger partial charge in [-0.1, -0.05) is 11.6 Å². The first kappa shape index (κ1) is 15.3. The summed E-state index contributed by atoms with van der Waals surface area (Å²) in [5.41, 5.74) is -3.93. The topological polar surface area (TPSA) is 54.9 Å². The van der Waals surface area contributed by atoms with E-state index >= 15 is 0 Å². The zero-order valence-corrected chi connectivity index (χ0v) is 11.1. The van der Waals surface area contributed by atoms with Gasteiger partial charge >= 0.3 is 11.9 Å². The van der Waals surface area contributed by atoms with E-state index in [0.29, 0.717) is 16.7 Å². The van der Waals surface area contributed by atoms with Crippen LogP contribution in [0, 0.1) is 12.7 Å². The predicted octanol–water partition coefficient (Wildman–Crippen LogP) is 2.65. The minimum atomic E-state index is -4.95. The van der Waals surface area contributed by atoms with Crippen LogP contribution in [0.25, 0.3) is 5.69 Å². The van der Waals surface area contributed by atoms with E-state index in [1.165, 1.54) is 6.92 Å². The average molecular weight is 323 g/mol. The molecule has 0 saturated carbocycles. The number of hydrogen-bond acceptors (Lipinski definition) is 2. The van der Waals surface area contributed by atoms with Gasteiger partial charge in [-0.25, -0.2) is 13.8 Å². The summed E-state index contributed by atoms with van der Waals surface area (Å²) in [5, 5.41) is -0.209. The molecule has 1 aromatic carbocycles. The van der Waals surface area contributed by atoms with Gasteiger partial charge in [0.1, 0.15) is 11.0 Å². The van der Waals surface area contributed by atoms with Crippen molar-refractivity contribution in [3.05, 3.63) is 61.1 Å². The van der Waals surface area contributed by atoms with Crippen molar-refractivity contribution >= 4 is 11.6 Å². The molecule has 0 amide bonds. The number of nitrogens with one attached hydrogen (secondary N) is 1. The molecule has 4 nitrogen and oxygen atoms in total. The Morgan fingerprint density at radius 1 is 1.24 bits per heavy atom. The molecule has 1 heterocycles. The number of aromatic nitrogens is 2. The van der Waals surface area contributed by atoms with Crippen molar-refractivity contribution in [1.82, 2.24) is 9.55 Å². The largest absolute Gasteiger partial charge is 0.419 e. The van der Waals surface area contributed by atoms with E-state index in [2.05, 4.69) is 4.98 Å². The van der Waals surface area contributed by atoms with Crippen molar-refractivity contribution in [3.8, 4) is 5.69 Å². The van der Waals surface area contributed by atoms with Crippen LogP contribution < -0.4 is 11.2 Å². The van der Waals surface area contributed by atoms with Crippen LogP contribution in [-0.4, -0.2) is 9.55 Å². The summed E-state index contributed by atoms with van der Waals surface area (Å²) in [6.07, 6.45) is -4.95. The third-order valence-electron chi connectivity index (χ3n) is 2.79. The van der Waals surface area contributed by atoms with Crippen molar-refractivity contribution < 1.29 is 17.6 Å². The Kier molecular flexibility index (Phi) is 3.66. The second-order valence-electron chi connectivity index (χ2n) is 4.17. The second-order valence-corrected chi connectivity index (χ2v) is 4.55. The summed E-state index contributed by atoms with van der Waals surface area (Å²) in [4.78, 5) is 25.8. The highest BCUT2D eigenvalue weighted by atomic mass is 35.5. The van der Waals surface area contributed by atoms with Crippen LogP contribution >= 0.6 is 11.6 Å². The number of H-pyrrole nitrogens is 1. The lowest BCUT2D eigenvalue weighted by atomic mass is 10.1. The minimum Gasteiger partial charge on any atom is -0.297 e. The van der Waals surface area contributed by atoms with E-state index in [-0.39, 0.29) is 10.7 Å². The fourth-order valence-corrected chi connectivity index (χ4v) is 1.86. The van der Waals surface area contributed by atoms with Gasteiger partial charge < -0.3 is 0 Å². The molecule has 112 valence electrons. The predicted molar refractivity (Wildman–Crippen MR) is 67.4 cm³/mol. The molecule has 1 aromatic heterocycles. The van der Waals surface area contributed by atoms with E-state index < -0.39 is 34.5 Å². The van der Waals surface area contributed by atoms with E-state index in [9.17, 15) is 27.2 Å². The summed E-state index contributed by atoms with van der Waals surface area (Å²) in [6, 6.07) is 1.82. The highest BCUT2D eigenvalue weighted by molar-refractivity contribution is 6.30. The van der Waals surface area contributed by atoms with Crippen molar-refractivity contribution in [3.63, 3.8) is 0 Å². The highest BCUT2D eigenvalue weighted by Crippen LogP contribution is 2.32. The molecule has 1 N–H and O–H groups in total. The summed E-state index contributed by atoms with van der Waals surface area (Å²) in [6.45, 7) is 1.30. The van der Waals surface area contributed by atoms with Gasteiger partial charge in [-0.3, -0.25) is 9.78 Å². The zero-order chi connectivity index (χ0) is 15.9. The number of alkyl halides is 3. The Balaban J connectivity index is 2.79. The maximum Gasteiger partial charge on any atom is 0.419 e. The minimum absolute atomic E-state index is 0.0471. The first-order chi connectivity index (χ1) is 9.62. The Hall–Kier alpha value is -2.09. The summed E-state index contributed by atoms with van der Waals surface area (Å²) in [5.74, 6) is -1.50. The van der Waals surface area contributed by atoms with E-state index in [1.807, 2.05) is 0 Å². The van der Waals surface area contributed by atoms with E-state index in [4.69, 9.17) is 11.6 Å². The lowest BCUT2D eigenvalue weighted by molar-refractivity contribution is -0.140.